The average molecular weight is 278 g/mol. The van der Waals surface area contributed by atoms with E-state index in [0.29, 0.717) is 22.9 Å². The highest BCUT2D eigenvalue weighted by Crippen LogP contribution is 2.16. The summed E-state index contributed by atoms with van der Waals surface area (Å²) in [6.45, 7) is 1.66. The van der Waals surface area contributed by atoms with Crippen LogP contribution in [-0.2, 0) is 0 Å². The fraction of sp³-hybridized carbons (Fsp3) is 0.100. The van der Waals surface area contributed by atoms with Gasteiger partial charge in [-0.1, -0.05) is 0 Å². The summed E-state index contributed by atoms with van der Waals surface area (Å²) in [5, 5.41) is 7.60. The predicted octanol–water partition coefficient (Wildman–Crippen LogP) is 2.08. The average Bonchev–Trinajstić information content (AvgIpc) is 2.30. The normalized spacial score (nSPS) is 10.1. The highest BCUT2D eigenvalue weighted by Gasteiger charge is 2.11. The Morgan fingerprint density at radius 3 is 2.38 bits per heavy atom. The lowest BCUT2D eigenvalue weighted by molar-refractivity contribution is 1.09. The van der Waals surface area contributed by atoms with E-state index in [1.807, 2.05) is 0 Å². The molecule has 2 heterocycles. The Balaban J connectivity index is 2.55. The third kappa shape index (κ3) is 2.11. The van der Waals surface area contributed by atoms with Crippen molar-refractivity contribution in [2.24, 2.45) is 0 Å². The second kappa shape index (κ2) is 4.44. The van der Waals surface area contributed by atoms with Crippen molar-refractivity contribution in [3.8, 4) is 11.5 Å². The molecule has 2 aromatic heterocycles. The molecule has 0 aliphatic carbocycles. The Bertz CT molecular complexity index is 523. The predicted molar refractivity (Wildman–Crippen MR) is 63.3 cm³/mol. The van der Waals surface area contributed by atoms with Crippen molar-refractivity contribution >= 4 is 21.6 Å². The van der Waals surface area contributed by atoms with Crippen LogP contribution in [0.1, 0.15) is 12.6 Å². The molecule has 0 amide bonds. The Labute approximate surface area is 101 Å². The Kier molecular flexibility index (Phi) is 3.00. The van der Waals surface area contributed by atoms with Gasteiger partial charge in [0, 0.05) is 24.8 Å². The van der Waals surface area contributed by atoms with Gasteiger partial charge < -0.3 is 5.41 Å². The molecule has 80 valence electrons. The van der Waals surface area contributed by atoms with Crippen molar-refractivity contribution in [1.29, 1.82) is 5.41 Å². The molecule has 0 aliphatic rings. The van der Waals surface area contributed by atoms with Gasteiger partial charge in [0.05, 0.1) is 10.2 Å². The second-order valence-corrected chi connectivity index (χ2v) is 4.02. The fourth-order valence-corrected chi connectivity index (χ4v) is 1.42. The van der Waals surface area contributed by atoms with Crippen LogP contribution in [0.2, 0.25) is 0 Å². The first-order valence-electron chi connectivity index (χ1n) is 4.53. The summed E-state index contributed by atoms with van der Waals surface area (Å²) in [6.07, 6.45) is 6.39. The topological polar surface area (TPSA) is 75.4 Å². The lowest BCUT2D eigenvalue weighted by atomic mass is 10.2. The molecule has 0 aromatic carbocycles. The van der Waals surface area contributed by atoms with Gasteiger partial charge in [0.1, 0.15) is 11.4 Å². The van der Waals surface area contributed by atoms with Crippen LogP contribution in [0, 0.1) is 5.41 Å². The summed E-state index contributed by atoms with van der Waals surface area (Å²) in [7, 11) is 0. The fourth-order valence-electron chi connectivity index (χ4n) is 1.21. The van der Waals surface area contributed by atoms with Crippen LogP contribution in [0.4, 0.5) is 0 Å². The molecule has 0 saturated carbocycles. The lowest BCUT2D eigenvalue weighted by Crippen LogP contribution is -2.03. The molecular weight excluding hydrogens is 270 g/mol. The van der Waals surface area contributed by atoms with Gasteiger partial charge in [0.25, 0.3) is 0 Å². The molecule has 0 unspecified atom stereocenters. The largest absolute Gasteiger partial charge is 0.303 e. The summed E-state index contributed by atoms with van der Waals surface area (Å²) in [4.78, 5) is 16.5. The molecule has 0 saturated heterocycles. The van der Waals surface area contributed by atoms with E-state index in [0.717, 1.165) is 4.47 Å². The van der Waals surface area contributed by atoms with Gasteiger partial charge in [-0.15, -0.1) is 0 Å². The number of rotatable bonds is 2. The molecule has 2 aromatic rings. The van der Waals surface area contributed by atoms with Crippen LogP contribution in [0.5, 0.6) is 0 Å². The minimum atomic E-state index is 0.342. The highest BCUT2D eigenvalue weighted by molar-refractivity contribution is 9.10. The maximum Gasteiger partial charge on any atom is 0.180 e. The van der Waals surface area contributed by atoms with E-state index in [9.17, 15) is 0 Å². The first-order valence-corrected chi connectivity index (χ1v) is 5.32. The van der Waals surface area contributed by atoms with Crippen molar-refractivity contribution in [2.45, 2.75) is 6.92 Å². The second-order valence-electron chi connectivity index (χ2n) is 3.10. The van der Waals surface area contributed by atoms with Crippen LogP contribution in [0.3, 0.4) is 0 Å². The molecule has 0 spiro atoms. The number of hydrogen-bond donors (Lipinski definition) is 1. The zero-order chi connectivity index (χ0) is 11.5. The number of nitrogens with zero attached hydrogens (tertiary/aromatic N) is 4. The monoisotopic (exact) mass is 277 g/mol. The van der Waals surface area contributed by atoms with E-state index in [1.54, 1.807) is 31.7 Å². The van der Waals surface area contributed by atoms with Crippen LogP contribution in [-0.4, -0.2) is 25.6 Å². The molecule has 5 nitrogen and oxygen atoms in total. The SMILES string of the molecule is CC(=N)c1nccnc1-c1ncc(Br)cn1. The van der Waals surface area contributed by atoms with Crippen LogP contribution in [0.15, 0.2) is 29.3 Å². The Morgan fingerprint density at radius 2 is 1.75 bits per heavy atom. The summed E-state index contributed by atoms with van der Waals surface area (Å²) >= 11 is 3.26. The maximum atomic E-state index is 7.60. The Hall–Kier alpha value is -1.69. The quantitative estimate of drug-likeness (QED) is 0.853. The highest BCUT2D eigenvalue weighted by atomic mass is 79.9. The van der Waals surface area contributed by atoms with E-state index in [-0.39, 0.29) is 0 Å². The van der Waals surface area contributed by atoms with Crippen molar-refractivity contribution < 1.29 is 0 Å². The van der Waals surface area contributed by atoms with Gasteiger partial charge in [-0.05, 0) is 22.9 Å². The van der Waals surface area contributed by atoms with Gasteiger partial charge in [-0.25, -0.2) is 15.0 Å². The Morgan fingerprint density at radius 1 is 1.12 bits per heavy atom. The van der Waals surface area contributed by atoms with Gasteiger partial charge in [-0.2, -0.15) is 0 Å². The van der Waals surface area contributed by atoms with Crippen LogP contribution in [0.25, 0.3) is 11.5 Å². The molecular formula is C10H8BrN5. The van der Waals surface area contributed by atoms with Crippen LogP contribution < -0.4 is 0 Å². The van der Waals surface area contributed by atoms with Crippen molar-refractivity contribution in [1.82, 2.24) is 19.9 Å². The van der Waals surface area contributed by atoms with E-state index in [4.69, 9.17) is 5.41 Å². The zero-order valence-corrected chi connectivity index (χ0v) is 10.1. The third-order valence-corrected chi connectivity index (χ3v) is 2.30. The van der Waals surface area contributed by atoms with Crippen LogP contribution >= 0.6 is 15.9 Å². The number of nitrogens with one attached hydrogen (secondary N) is 1. The lowest BCUT2D eigenvalue weighted by Gasteiger charge is -2.03. The summed E-state index contributed by atoms with van der Waals surface area (Å²) in [5.74, 6) is 0.470. The third-order valence-electron chi connectivity index (χ3n) is 1.89. The smallest absolute Gasteiger partial charge is 0.180 e. The molecule has 0 fully saturated rings. The molecule has 6 heteroatoms. The molecule has 0 aliphatic heterocycles. The first kappa shape index (κ1) is 10.8. The first-order chi connectivity index (χ1) is 7.68. The van der Waals surface area contributed by atoms with E-state index >= 15 is 0 Å². The summed E-state index contributed by atoms with van der Waals surface area (Å²) in [6, 6.07) is 0. The number of halogens is 1. The molecule has 0 bridgehead atoms. The maximum absolute atomic E-state index is 7.60. The molecule has 1 N–H and O–H groups in total. The van der Waals surface area contributed by atoms with Crippen molar-refractivity contribution in [3.63, 3.8) is 0 Å². The minimum absolute atomic E-state index is 0.342. The molecule has 2 rings (SSSR count). The van der Waals surface area contributed by atoms with Crippen molar-refractivity contribution in [2.75, 3.05) is 0 Å². The standard InChI is InChI=1S/C10H8BrN5/c1-6(12)8-9(14-3-2-13-8)10-15-4-7(11)5-16-10/h2-5,12H,1H3. The van der Waals surface area contributed by atoms with E-state index in [1.165, 1.54) is 0 Å². The van der Waals surface area contributed by atoms with Gasteiger partial charge >= 0.3 is 0 Å². The molecule has 0 radical (unpaired) electrons. The van der Waals surface area contributed by atoms with Crippen molar-refractivity contribution in [3.05, 3.63) is 35.0 Å². The minimum Gasteiger partial charge on any atom is -0.303 e. The van der Waals surface area contributed by atoms with E-state index in [2.05, 4.69) is 35.9 Å². The summed E-state index contributed by atoms with van der Waals surface area (Å²) < 4.78 is 0.799. The van der Waals surface area contributed by atoms with E-state index < -0.39 is 0 Å². The zero-order valence-electron chi connectivity index (χ0n) is 8.48. The van der Waals surface area contributed by atoms with Gasteiger partial charge in [0.2, 0.25) is 0 Å². The molecule has 0 atom stereocenters. The number of aromatic nitrogens is 4. The summed E-state index contributed by atoms with van der Waals surface area (Å²) in [5.41, 5.74) is 1.38. The van der Waals surface area contributed by atoms with Gasteiger partial charge in [0.15, 0.2) is 5.82 Å². The molecule has 16 heavy (non-hydrogen) atoms. The number of hydrogen-bond acceptors (Lipinski definition) is 5. The van der Waals surface area contributed by atoms with Gasteiger partial charge in [-0.3, -0.25) is 4.98 Å².